The molecule has 3 aliphatic rings. The quantitative estimate of drug-likeness (QED) is 0.803. The molecule has 3 fully saturated rings. The van der Waals surface area contributed by atoms with Crippen LogP contribution in [0.1, 0.15) is 25.7 Å². The van der Waals surface area contributed by atoms with E-state index >= 15 is 0 Å². The molecule has 0 aliphatic carbocycles. The molecule has 7 nitrogen and oxygen atoms in total. The van der Waals surface area contributed by atoms with Crippen LogP contribution < -0.4 is 4.90 Å². The summed E-state index contributed by atoms with van der Waals surface area (Å²) in [5, 5.41) is 0. The number of anilines is 1. The summed E-state index contributed by atoms with van der Waals surface area (Å²) < 4.78 is 5.49. The summed E-state index contributed by atoms with van der Waals surface area (Å²) in [5.74, 6) is 1.41. The smallest absolute Gasteiger partial charge is 0.227 e. The number of aromatic nitrogens is 2. The monoisotopic (exact) mass is 359 g/mol. The first kappa shape index (κ1) is 17.7. The van der Waals surface area contributed by atoms with Gasteiger partial charge in [0.05, 0.1) is 12.1 Å². The third-order valence-electron chi connectivity index (χ3n) is 5.97. The van der Waals surface area contributed by atoms with Crippen LogP contribution in [0.25, 0.3) is 0 Å². The number of hydrogen-bond acceptors (Lipinski definition) is 6. The van der Waals surface area contributed by atoms with Crippen LogP contribution in [0.15, 0.2) is 18.6 Å². The van der Waals surface area contributed by atoms with E-state index in [2.05, 4.69) is 24.7 Å². The van der Waals surface area contributed by atoms with Gasteiger partial charge in [-0.1, -0.05) is 0 Å². The van der Waals surface area contributed by atoms with Crippen molar-refractivity contribution in [2.75, 3.05) is 57.4 Å². The largest absolute Gasteiger partial charge is 0.381 e. The third kappa shape index (κ3) is 3.99. The number of amides is 1. The van der Waals surface area contributed by atoms with E-state index in [-0.39, 0.29) is 5.92 Å². The number of ether oxygens (including phenoxy) is 1. The molecule has 1 amide bonds. The molecule has 4 heterocycles. The molecule has 26 heavy (non-hydrogen) atoms. The van der Waals surface area contributed by atoms with Crippen molar-refractivity contribution in [3.8, 4) is 0 Å². The number of piperidine rings is 1. The van der Waals surface area contributed by atoms with E-state index in [9.17, 15) is 4.79 Å². The topological polar surface area (TPSA) is 61.8 Å². The molecule has 1 aromatic heterocycles. The molecule has 0 saturated carbocycles. The Labute approximate surface area is 155 Å². The Kier molecular flexibility index (Phi) is 5.65. The first-order valence-corrected chi connectivity index (χ1v) is 9.93. The van der Waals surface area contributed by atoms with Crippen LogP contribution in [0.3, 0.4) is 0 Å². The Morgan fingerprint density at radius 2 is 1.85 bits per heavy atom. The Morgan fingerprint density at radius 3 is 2.58 bits per heavy atom. The maximum atomic E-state index is 13.1. The lowest BCUT2D eigenvalue weighted by molar-refractivity contribution is -0.138. The predicted molar refractivity (Wildman–Crippen MR) is 99.0 cm³/mol. The maximum Gasteiger partial charge on any atom is 0.227 e. The van der Waals surface area contributed by atoms with Crippen molar-refractivity contribution >= 4 is 11.7 Å². The molecule has 4 rings (SSSR count). The molecule has 3 aliphatic heterocycles. The molecule has 0 N–H and O–H groups in total. The van der Waals surface area contributed by atoms with E-state index in [4.69, 9.17) is 4.74 Å². The molecular formula is C19H29N5O2. The highest BCUT2D eigenvalue weighted by molar-refractivity contribution is 5.79. The van der Waals surface area contributed by atoms with Gasteiger partial charge in [-0.15, -0.1) is 0 Å². The molecule has 0 radical (unpaired) electrons. The van der Waals surface area contributed by atoms with Crippen molar-refractivity contribution < 1.29 is 9.53 Å². The standard InChI is InChI=1S/C19H29N5O2/c25-19(16-2-1-7-24(15-16)17-3-12-26-13-4-17)23-10-8-22(9-11-23)18-14-20-5-6-21-18/h5-6,14,16-17H,1-4,7-13,15H2/t16-/m1/s1. The van der Waals surface area contributed by atoms with Gasteiger partial charge in [0.25, 0.3) is 0 Å². The Hall–Kier alpha value is -1.73. The molecule has 142 valence electrons. The molecule has 0 bridgehead atoms. The predicted octanol–water partition coefficient (Wildman–Crippen LogP) is 1.02. The normalized spacial score (nSPS) is 26.1. The zero-order valence-corrected chi connectivity index (χ0v) is 15.4. The first-order chi connectivity index (χ1) is 12.8. The lowest BCUT2D eigenvalue weighted by Crippen LogP contribution is -2.54. The van der Waals surface area contributed by atoms with Gasteiger partial charge in [0.15, 0.2) is 0 Å². The summed E-state index contributed by atoms with van der Waals surface area (Å²) in [6, 6.07) is 0.604. The van der Waals surface area contributed by atoms with E-state index < -0.39 is 0 Å². The molecule has 0 unspecified atom stereocenters. The van der Waals surface area contributed by atoms with E-state index in [1.54, 1.807) is 18.6 Å². The van der Waals surface area contributed by atoms with Crippen molar-refractivity contribution in [1.82, 2.24) is 19.8 Å². The van der Waals surface area contributed by atoms with Gasteiger partial charge in [-0.3, -0.25) is 14.7 Å². The van der Waals surface area contributed by atoms with Gasteiger partial charge in [0.2, 0.25) is 5.91 Å². The Morgan fingerprint density at radius 1 is 1.04 bits per heavy atom. The lowest BCUT2D eigenvalue weighted by atomic mass is 9.93. The zero-order chi connectivity index (χ0) is 17.8. The van der Waals surface area contributed by atoms with Crippen LogP contribution in [0, 0.1) is 5.92 Å². The van der Waals surface area contributed by atoms with Gasteiger partial charge >= 0.3 is 0 Å². The summed E-state index contributed by atoms with van der Waals surface area (Å²) >= 11 is 0. The van der Waals surface area contributed by atoms with Crippen molar-refractivity contribution in [3.63, 3.8) is 0 Å². The van der Waals surface area contributed by atoms with Crippen LogP contribution in [0.4, 0.5) is 5.82 Å². The average molecular weight is 359 g/mol. The number of rotatable bonds is 3. The Balaban J connectivity index is 1.30. The van der Waals surface area contributed by atoms with Gasteiger partial charge in [-0.25, -0.2) is 4.98 Å². The first-order valence-electron chi connectivity index (χ1n) is 9.93. The number of carbonyl (C=O) groups is 1. The lowest BCUT2D eigenvalue weighted by Gasteiger charge is -2.42. The van der Waals surface area contributed by atoms with Crippen molar-refractivity contribution in [3.05, 3.63) is 18.6 Å². The van der Waals surface area contributed by atoms with Gasteiger partial charge in [-0.2, -0.15) is 0 Å². The summed E-state index contributed by atoms with van der Waals surface area (Å²) in [6.07, 6.45) is 9.59. The van der Waals surface area contributed by atoms with Crippen molar-refractivity contribution in [2.45, 2.75) is 31.7 Å². The fourth-order valence-corrected chi connectivity index (χ4v) is 4.46. The minimum atomic E-state index is 0.162. The molecule has 7 heteroatoms. The van der Waals surface area contributed by atoms with Gasteiger partial charge in [0, 0.05) is 64.4 Å². The second kappa shape index (κ2) is 8.31. The minimum Gasteiger partial charge on any atom is -0.381 e. The van der Waals surface area contributed by atoms with Crippen LogP contribution in [-0.2, 0) is 9.53 Å². The van der Waals surface area contributed by atoms with Crippen LogP contribution in [0.5, 0.6) is 0 Å². The molecule has 1 atom stereocenters. The fourth-order valence-electron chi connectivity index (χ4n) is 4.46. The second-order valence-electron chi connectivity index (χ2n) is 7.55. The molecule has 3 saturated heterocycles. The molecule has 0 spiro atoms. The summed E-state index contributed by atoms with van der Waals surface area (Å²) in [5.41, 5.74) is 0. The highest BCUT2D eigenvalue weighted by Crippen LogP contribution is 2.25. The number of hydrogen-bond donors (Lipinski definition) is 0. The summed E-state index contributed by atoms with van der Waals surface area (Å²) in [4.78, 5) is 28.4. The van der Waals surface area contributed by atoms with E-state index in [0.717, 1.165) is 84.0 Å². The maximum absolute atomic E-state index is 13.1. The van der Waals surface area contributed by atoms with E-state index in [1.807, 2.05) is 0 Å². The van der Waals surface area contributed by atoms with E-state index in [0.29, 0.717) is 11.9 Å². The average Bonchev–Trinajstić information content (AvgIpc) is 2.75. The van der Waals surface area contributed by atoms with E-state index in [1.165, 1.54) is 0 Å². The number of carbonyl (C=O) groups excluding carboxylic acids is 1. The second-order valence-corrected chi connectivity index (χ2v) is 7.55. The number of nitrogens with zero attached hydrogens (tertiary/aromatic N) is 5. The highest BCUT2D eigenvalue weighted by Gasteiger charge is 2.33. The summed E-state index contributed by atoms with van der Waals surface area (Å²) in [7, 11) is 0. The van der Waals surface area contributed by atoms with Gasteiger partial charge < -0.3 is 14.5 Å². The van der Waals surface area contributed by atoms with Crippen LogP contribution in [-0.4, -0.2) is 84.2 Å². The highest BCUT2D eigenvalue weighted by atomic mass is 16.5. The Bertz CT molecular complexity index is 585. The molecular weight excluding hydrogens is 330 g/mol. The zero-order valence-electron chi connectivity index (χ0n) is 15.4. The molecule has 1 aromatic rings. The fraction of sp³-hybridized carbons (Fsp3) is 0.737. The number of likely N-dealkylation sites (tertiary alicyclic amines) is 1. The SMILES string of the molecule is O=C([C@@H]1CCCN(C2CCOCC2)C1)N1CCN(c2cnccn2)CC1. The molecule has 0 aromatic carbocycles. The van der Waals surface area contributed by atoms with Gasteiger partial charge in [-0.05, 0) is 32.2 Å². The minimum absolute atomic E-state index is 0.162. The third-order valence-corrected chi connectivity index (χ3v) is 5.97. The van der Waals surface area contributed by atoms with Crippen LogP contribution in [0.2, 0.25) is 0 Å². The van der Waals surface area contributed by atoms with Gasteiger partial charge in [0.1, 0.15) is 5.82 Å². The van der Waals surface area contributed by atoms with Crippen molar-refractivity contribution in [1.29, 1.82) is 0 Å². The van der Waals surface area contributed by atoms with Crippen molar-refractivity contribution in [2.24, 2.45) is 5.92 Å². The summed E-state index contributed by atoms with van der Waals surface area (Å²) in [6.45, 7) is 7.02. The number of piperazine rings is 1. The van der Waals surface area contributed by atoms with Crippen LogP contribution >= 0.6 is 0 Å².